The number of rotatable bonds is 16. The number of aromatic nitrogens is 5. The van der Waals surface area contributed by atoms with Gasteiger partial charge in [-0.1, -0.05) is 76.2 Å². The Morgan fingerprint density at radius 2 is 1.21 bits per heavy atom. The van der Waals surface area contributed by atoms with Gasteiger partial charge in [-0.05, 0) is 54.9 Å². The van der Waals surface area contributed by atoms with Crippen molar-refractivity contribution in [3.63, 3.8) is 0 Å². The Balaban J connectivity index is 0.914. The van der Waals surface area contributed by atoms with Gasteiger partial charge in [-0.25, -0.2) is 19.9 Å². The molecule has 6 aromatic rings. The van der Waals surface area contributed by atoms with Gasteiger partial charge < -0.3 is 35.2 Å². The van der Waals surface area contributed by atoms with Crippen LogP contribution in [0.4, 0.5) is 0 Å². The largest absolute Gasteiger partial charge is 0.391 e. The molecule has 8 rings (SSSR count). The van der Waals surface area contributed by atoms with E-state index in [1.54, 1.807) is 23.0 Å². The van der Waals surface area contributed by atoms with Crippen LogP contribution in [0.25, 0.3) is 20.9 Å². The summed E-state index contributed by atoms with van der Waals surface area (Å²) < 4.78 is 2.01. The molecule has 0 radical (unpaired) electrons. The first kappa shape index (κ1) is 48.8. The molecular weight excluding hydrogens is 919 g/mol. The van der Waals surface area contributed by atoms with Crippen molar-refractivity contribution in [3.05, 3.63) is 116 Å². The van der Waals surface area contributed by atoms with E-state index < -0.39 is 36.1 Å². The van der Waals surface area contributed by atoms with Gasteiger partial charge >= 0.3 is 0 Å². The first-order valence-corrected chi connectivity index (χ1v) is 25.7. The number of carbonyl (C=O) groups excluding carboxylic acids is 4. The van der Waals surface area contributed by atoms with Gasteiger partial charge in [0.25, 0.3) is 0 Å². The number of β-amino-alcohol motifs (C(OH)–C–C–N with tert-alkyl or cyclic N) is 2. The molecule has 0 saturated carbocycles. The standard InChI is InChI=1S/C50H59N9O6S3/c1-27(2)43(39-24-66-31(7)56-39)49(64)58-21-36(60)16-40(58)47(62)52-19-33-10-14-35(15-11-33)46-38(55-26-68-46)23-57-30(6)51-20-42(57)44(28(3)4)50(65)59-22-37(61)17-41(59)48(63)53-18-32-8-12-34(13-9-32)45-29(5)54-25-67-45/h8-15,20,24-28,36-37,40-41,43-44,60-61H,16-19,21-23H2,1-7H3,(H,52,62)(H,53,63)/t36-,37-,40+,41+,43-,44-/m1/s1. The second kappa shape index (κ2) is 20.9. The topological polar surface area (TPSA) is 196 Å². The van der Waals surface area contributed by atoms with Crippen LogP contribution < -0.4 is 10.6 Å². The monoisotopic (exact) mass is 977 g/mol. The predicted octanol–water partition coefficient (Wildman–Crippen LogP) is 6.60. The number of carbonyl (C=O) groups is 4. The second-order valence-corrected chi connectivity index (χ2v) is 21.3. The quantitative estimate of drug-likeness (QED) is 0.0821. The maximum Gasteiger partial charge on any atom is 0.243 e. The van der Waals surface area contributed by atoms with Crippen molar-refractivity contribution in [2.45, 2.75) is 117 Å². The Hall–Kier alpha value is -5.66. The first-order chi connectivity index (χ1) is 32.6. The van der Waals surface area contributed by atoms with Crippen LogP contribution in [0.15, 0.2) is 71.1 Å². The number of benzene rings is 2. The number of nitrogens with one attached hydrogen (secondary N) is 2. The summed E-state index contributed by atoms with van der Waals surface area (Å²) in [7, 11) is 0. The summed E-state index contributed by atoms with van der Waals surface area (Å²) in [5.41, 5.74) is 10.6. The minimum absolute atomic E-state index is 0.0405. The molecule has 0 spiro atoms. The lowest BCUT2D eigenvalue weighted by Crippen LogP contribution is -2.48. The van der Waals surface area contributed by atoms with Gasteiger partial charge in [0, 0.05) is 50.6 Å². The van der Waals surface area contributed by atoms with E-state index in [4.69, 9.17) is 4.98 Å². The smallest absolute Gasteiger partial charge is 0.243 e. The van der Waals surface area contributed by atoms with Crippen molar-refractivity contribution in [1.29, 1.82) is 0 Å². The van der Waals surface area contributed by atoms with Crippen molar-refractivity contribution in [1.82, 2.24) is 44.9 Å². The first-order valence-electron chi connectivity index (χ1n) is 23.0. The van der Waals surface area contributed by atoms with Crippen LogP contribution in [0.3, 0.4) is 0 Å². The zero-order valence-electron chi connectivity index (χ0n) is 39.4. The molecule has 2 aliphatic rings. The molecule has 0 bridgehead atoms. The summed E-state index contributed by atoms with van der Waals surface area (Å²) in [5, 5.41) is 30.2. The van der Waals surface area contributed by atoms with E-state index in [9.17, 15) is 29.4 Å². The van der Waals surface area contributed by atoms with Crippen LogP contribution in [0, 0.1) is 32.6 Å². The van der Waals surface area contributed by atoms with Crippen LogP contribution in [0.1, 0.15) is 97.1 Å². The van der Waals surface area contributed by atoms with E-state index in [1.165, 1.54) is 32.5 Å². The van der Waals surface area contributed by atoms with Gasteiger partial charge in [0.1, 0.15) is 17.9 Å². The SMILES string of the molecule is Cc1nc([C@H](C(=O)N2C[C@H](O)C[C@H]2C(=O)NCc2ccc(-c3scnc3Cn3c([C@H](C(=O)N4C[C@H](O)C[C@H]4C(=O)NCc4ccc(-c5scnc5C)cc4)C(C)C)cnc3C)cc2)C(C)C)cs1. The maximum absolute atomic E-state index is 14.6. The molecule has 6 atom stereocenters. The Bertz CT molecular complexity index is 2740. The Morgan fingerprint density at radius 1 is 0.691 bits per heavy atom. The van der Waals surface area contributed by atoms with Gasteiger partial charge in [-0.2, -0.15) is 0 Å². The van der Waals surface area contributed by atoms with Gasteiger partial charge in [0.05, 0.1) is 79.1 Å². The fourth-order valence-corrected chi connectivity index (χ4v) is 11.7. The number of aryl methyl sites for hydroxylation is 3. The molecule has 2 aromatic carbocycles. The van der Waals surface area contributed by atoms with Crippen LogP contribution >= 0.6 is 34.0 Å². The fourth-order valence-electron chi connectivity index (χ4n) is 9.45. The molecule has 2 saturated heterocycles. The van der Waals surface area contributed by atoms with Gasteiger partial charge in [0.2, 0.25) is 23.6 Å². The number of aliphatic hydroxyl groups is 2. The molecule has 2 fully saturated rings. The average molecular weight is 978 g/mol. The highest BCUT2D eigenvalue weighted by Gasteiger charge is 2.44. The van der Waals surface area contributed by atoms with E-state index in [-0.39, 0.29) is 74.5 Å². The molecule has 2 aliphatic heterocycles. The van der Waals surface area contributed by atoms with Crippen LogP contribution in [0.5, 0.6) is 0 Å². The Morgan fingerprint density at radius 3 is 1.71 bits per heavy atom. The summed E-state index contributed by atoms with van der Waals surface area (Å²) in [4.78, 5) is 79.3. The lowest BCUT2D eigenvalue weighted by atomic mass is 9.90. The highest BCUT2D eigenvalue weighted by molar-refractivity contribution is 7.13. The number of nitrogens with zero attached hydrogens (tertiary/aromatic N) is 7. The summed E-state index contributed by atoms with van der Waals surface area (Å²) in [6.07, 6.45) is 0.421. The Labute approximate surface area is 408 Å². The van der Waals surface area contributed by atoms with E-state index in [2.05, 4.69) is 25.6 Å². The third kappa shape index (κ3) is 10.5. The van der Waals surface area contributed by atoms with Crippen molar-refractivity contribution in [2.24, 2.45) is 11.8 Å². The number of aliphatic hydroxyl groups excluding tert-OH is 2. The molecule has 0 aliphatic carbocycles. The second-order valence-electron chi connectivity index (χ2n) is 18.6. The number of thiazole rings is 3. The number of hydrogen-bond acceptors (Lipinski definition) is 13. The van der Waals surface area contributed by atoms with Crippen molar-refractivity contribution in [2.75, 3.05) is 13.1 Å². The molecule has 4 N–H and O–H groups in total. The molecule has 15 nitrogen and oxygen atoms in total. The van der Waals surface area contributed by atoms with Gasteiger partial charge in [0.15, 0.2) is 0 Å². The summed E-state index contributed by atoms with van der Waals surface area (Å²) in [6, 6.07) is 14.2. The van der Waals surface area contributed by atoms with Crippen LogP contribution in [-0.2, 0) is 38.8 Å². The lowest BCUT2D eigenvalue weighted by Gasteiger charge is -2.30. The molecule has 18 heteroatoms. The third-order valence-electron chi connectivity index (χ3n) is 13.0. The molecule has 4 aromatic heterocycles. The lowest BCUT2D eigenvalue weighted by molar-refractivity contribution is -0.140. The number of imidazole rings is 1. The van der Waals surface area contributed by atoms with Crippen molar-refractivity contribution in [3.8, 4) is 20.9 Å². The van der Waals surface area contributed by atoms with Crippen LogP contribution in [-0.4, -0.2) is 106 Å². The van der Waals surface area contributed by atoms with E-state index >= 15 is 0 Å². The molecule has 4 amide bonds. The molecule has 358 valence electrons. The van der Waals surface area contributed by atoms with Crippen molar-refractivity contribution >= 4 is 57.6 Å². The number of hydrogen-bond donors (Lipinski definition) is 4. The molecule has 6 heterocycles. The molecular formula is C50H59N9O6S3. The number of amides is 4. The van der Waals surface area contributed by atoms with Gasteiger partial charge in [-0.15, -0.1) is 34.0 Å². The van der Waals surface area contributed by atoms with E-state index in [1.807, 2.05) is 112 Å². The average Bonchev–Trinajstić information content (AvgIpc) is 4.19. The van der Waals surface area contributed by atoms with Crippen molar-refractivity contribution < 1.29 is 29.4 Å². The fraction of sp³-hybridized carbons (Fsp3) is 0.440. The van der Waals surface area contributed by atoms with E-state index in [0.717, 1.165) is 48.4 Å². The minimum atomic E-state index is -0.833. The molecule has 0 unspecified atom stereocenters. The summed E-state index contributed by atoms with van der Waals surface area (Å²) in [6.45, 7) is 14.7. The van der Waals surface area contributed by atoms with Crippen LogP contribution in [0.2, 0.25) is 0 Å². The maximum atomic E-state index is 14.6. The van der Waals surface area contributed by atoms with E-state index in [0.29, 0.717) is 23.8 Å². The highest BCUT2D eigenvalue weighted by atomic mass is 32.1. The highest BCUT2D eigenvalue weighted by Crippen LogP contribution is 2.35. The normalized spacial score (nSPS) is 19.2. The summed E-state index contributed by atoms with van der Waals surface area (Å²) >= 11 is 4.58. The number of likely N-dealkylation sites (tertiary alicyclic amines) is 2. The minimum Gasteiger partial charge on any atom is -0.391 e. The third-order valence-corrected chi connectivity index (χ3v) is 15.7. The predicted molar refractivity (Wildman–Crippen MR) is 264 cm³/mol. The zero-order chi connectivity index (χ0) is 48.4. The van der Waals surface area contributed by atoms with Gasteiger partial charge in [-0.3, -0.25) is 19.2 Å². The Kier molecular flexibility index (Phi) is 15.0. The summed E-state index contributed by atoms with van der Waals surface area (Å²) in [5.74, 6) is -1.70. The zero-order valence-corrected chi connectivity index (χ0v) is 41.8. The molecule has 68 heavy (non-hydrogen) atoms.